The minimum absolute atomic E-state index is 0.0501. The Morgan fingerprint density at radius 3 is 2.25 bits per heavy atom. The van der Waals surface area contributed by atoms with E-state index in [1.165, 1.54) is 12.5 Å². The number of hydrogen-bond donors (Lipinski definition) is 4. The zero-order chi connectivity index (χ0) is 38.0. The van der Waals surface area contributed by atoms with Gasteiger partial charge in [0.2, 0.25) is 0 Å². The molecule has 52 heavy (non-hydrogen) atoms. The number of aliphatic hydroxyl groups excluding tert-OH is 1. The Labute approximate surface area is 300 Å². The molecule has 0 radical (unpaired) electrons. The van der Waals surface area contributed by atoms with Gasteiger partial charge in [0.25, 0.3) is 0 Å². The number of aliphatic hydroxyl groups is 4. The normalized spacial score (nSPS) is 50.9. The predicted octanol–water partition coefficient (Wildman–Crippen LogP) is 1.61. The molecule has 0 amide bonds. The summed E-state index contributed by atoms with van der Waals surface area (Å²) in [7, 11) is 0. The molecule has 7 aliphatic rings. The molecule has 15 heteroatoms. The highest BCUT2D eigenvalue weighted by Gasteiger charge is 3.05. The van der Waals surface area contributed by atoms with Crippen LogP contribution in [0.3, 0.4) is 0 Å². The fraction of sp³-hybridized carbons (Fsp3) is 0.784. The number of esters is 4. The smallest absolute Gasteiger partial charge is 0.309 e. The van der Waals surface area contributed by atoms with Gasteiger partial charge < -0.3 is 53.3 Å². The third-order valence-corrected chi connectivity index (χ3v) is 14.3. The molecular weight excluding hydrogens is 684 g/mol. The Kier molecular flexibility index (Phi) is 7.16. The van der Waals surface area contributed by atoms with Crippen molar-refractivity contribution in [3.8, 4) is 0 Å². The van der Waals surface area contributed by atoms with Crippen LogP contribution in [0.5, 0.6) is 0 Å². The SMILES string of the molecule is CCC12C[C@H]3C4(O1)C(O2)[C@@]1(O)[C@@H](O)[C@@]2(C)C[C@@]1(O)C1(OC(=O)C[C@H]12)[C@@]4(O)[C@H](OC(C)=O)[C@H](OC(=O)C(C)C)[C@@]3(C)[C@@H](OC(=O)C(C)C)c1ccoc1. The van der Waals surface area contributed by atoms with Gasteiger partial charge in [0.1, 0.15) is 23.4 Å². The summed E-state index contributed by atoms with van der Waals surface area (Å²) in [5.41, 5.74) is -15.6. The number of hydrogen-bond acceptors (Lipinski definition) is 15. The highest BCUT2D eigenvalue weighted by Crippen LogP contribution is 2.85. The Balaban J connectivity index is 1.50. The first kappa shape index (κ1) is 35.9. The van der Waals surface area contributed by atoms with Crippen LogP contribution in [0.4, 0.5) is 0 Å². The number of ether oxygens (including phenoxy) is 6. The zero-order valence-electron chi connectivity index (χ0n) is 30.5. The van der Waals surface area contributed by atoms with Crippen molar-refractivity contribution >= 4 is 23.9 Å². The molecule has 4 N–H and O–H groups in total. The van der Waals surface area contributed by atoms with Crippen molar-refractivity contribution in [2.24, 2.45) is 34.5 Å². The van der Waals surface area contributed by atoms with Gasteiger partial charge in [0, 0.05) is 36.2 Å². The van der Waals surface area contributed by atoms with Gasteiger partial charge in [0.05, 0.1) is 42.3 Å². The van der Waals surface area contributed by atoms with E-state index in [2.05, 4.69) is 0 Å². The zero-order valence-corrected chi connectivity index (χ0v) is 30.5. The van der Waals surface area contributed by atoms with E-state index in [1.54, 1.807) is 54.5 Å². The van der Waals surface area contributed by atoms with E-state index in [-0.39, 0.29) is 25.7 Å². The summed E-state index contributed by atoms with van der Waals surface area (Å²) in [5, 5.41) is 52.5. The third-order valence-electron chi connectivity index (χ3n) is 14.3. The lowest BCUT2D eigenvalue weighted by Crippen LogP contribution is -2.99. The summed E-state index contributed by atoms with van der Waals surface area (Å²) in [4.78, 5) is 54.4. The average molecular weight is 733 g/mol. The van der Waals surface area contributed by atoms with E-state index in [0.717, 1.165) is 6.92 Å². The summed E-state index contributed by atoms with van der Waals surface area (Å²) in [5.74, 6) is -8.41. The van der Waals surface area contributed by atoms with E-state index in [4.69, 9.17) is 32.8 Å². The molecule has 286 valence electrons. The van der Waals surface area contributed by atoms with Crippen LogP contribution in [0.25, 0.3) is 0 Å². The molecular formula is C37H48O15. The summed E-state index contributed by atoms with van der Waals surface area (Å²) in [6.07, 6.45) is -6.35. The largest absolute Gasteiger partial charge is 0.472 e. The Morgan fingerprint density at radius 2 is 1.67 bits per heavy atom. The van der Waals surface area contributed by atoms with Gasteiger partial charge in [0.15, 0.2) is 34.8 Å². The molecule has 7 fully saturated rings. The maximum Gasteiger partial charge on any atom is 0.309 e. The second kappa shape index (κ2) is 10.4. The maximum absolute atomic E-state index is 14.1. The summed E-state index contributed by atoms with van der Waals surface area (Å²) < 4.78 is 44.1. The van der Waals surface area contributed by atoms with Crippen LogP contribution in [0.2, 0.25) is 0 Å². The Hall–Kier alpha value is -3.08. The van der Waals surface area contributed by atoms with E-state index in [0.29, 0.717) is 5.56 Å². The van der Waals surface area contributed by atoms with Crippen LogP contribution in [0.15, 0.2) is 23.0 Å². The monoisotopic (exact) mass is 732 g/mol. The molecule has 4 saturated carbocycles. The molecule has 0 aromatic carbocycles. The lowest BCUT2D eigenvalue weighted by Gasteiger charge is -2.75. The first-order chi connectivity index (χ1) is 24.1. The first-order valence-corrected chi connectivity index (χ1v) is 18.2. The minimum Gasteiger partial charge on any atom is -0.472 e. The summed E-state index contributed by atoms with van der Waals surface area (Å²) >= 11 is 0. The van der Waals surface area contributed by atoms with E-state index in [9.17, 15) is 39.6 Å². The molecule has 3 aliphatic heterocycles. The predicted molar refractivity (Wildman–Crippen MR) is 171 cm³/mol. The number of rotatable bonds is 8. The summed E-state index contributed by atoms with van der Waals surface area (Å²) in [6.45, 7) is 12.6. The molecule has 2 spiro atoms. The van der Waals surface area contributed by atoms with Gasteiger partial charge in [-0.05, 0) is 18.9 Å². The quantitative estimate of drug-likeness (QED) is 0.221. The second-order valence-corrected chi connectivity index (χ2v) is 17.4. The van der Waals surface area contributed by atoms with Crippen molar-refractivity contribution in [2.75, 3.05) is 0 Å². The van der Waals surface area contributed by atoms with Crippen LogP contribution in [-0.4, -0.2) is 103 Å². The van der Waals surface area contributed by atoms with Crippen LogP contribution < -0.4 is 0 Å². The average Bonchev–Trinajstić information content (AvgIpc) is 3.91. The topological polar surface area (TPSA) is 218 Å². The van der Waals surface area contributed by atoms with Gasteiger partial charge in [-0.1, -0.05) is 48.5 Å². The van der Waals surface area contributed by atoms with Crippen molar-refractivity contribution in [1.29, 1.82) is 0 Å². The first-order valence-electron chi connectivity index (χ1n) is 18.2. The number of carbonyl (C=O) groups is 4. The van der Waals surface area contributed by atoms with Crippen molar-refractivity contribution in [1.82, 2.24) is 0 Å². The van der Waals surface area contributed by atoms with Gasteiger partial charge >= 0.3 is 23.9 Å². The van der Waals surface area contributed by atoms with E-state index >= 15 is 0 Å². The van der Waals surface area contributed by atoms with Crippen molar-refractivity contribution in [2.45, 2.75) is 145 Å². The standard InChI is InChI=1S/C37H48O15/c1-9-32-13-21-31(8,23(19-10-11-46-14-19)48-26(40)16(2)3)24(49-27(41)17(4)5)25(47-18(6)38)36(45)35(21,52-32)29(51-32)34(44)28(42)30(7)15-33(34,43)37(36)20(30)12-22(39)50-37/h10-11,14,16-17,20-21,23-25,28-29,42-45H,9,12-13,15H2,1-8H3/t20-,21+,23-,24-,25+,28-,29?,30-,31+,32?,33-,34-,35?,36+,37?/m0/s1. The fourth-order valence-electron chi connectivity index (χ4n) is 12.2. The molecule has 4 aliphatic carbocycles. The second-order valence-electron chi connectivity index (χ2n) is 17.4. The van der Waals surface area contributed by atoms with Crippen LogP contribution in [0.1, 0.15) is 92.7 Å². The highest BCUT2D eigenvalue weighted by molar-refractivity contribution is 5.77. The molecule has 1 aromatic heterocycles. The molecule has 15 atom stereocenters. The van der Waals surface area contributed by atoms with E-state index in [1.807, 2.05) is 0 Å². The van der Waals surface area contributed by atoms with Crippen molar-refractivity contribution < 1.29 is 72.4 Å². The number of carbonyl (C=O) groups excluding carboxylic acids is 4. The van der Waals surface area contributed by atoms with Gasteiger partial charge in [-0.2, -0.15) is 0 Å². The van der Waals surface area contributed by atoms with Gasteiger partial charge in [-0.25, -0.2) is 0 Å². The Bertz CT molecular complexity index is 1740. The van der Waals surface area contributed by atoms with Crippen molar-refractivity contribution in [3.63, 3.8) is 0 Å². The maximum atomic E-state index is 14.1. The summed E-state index contributed by atoms with van der Waals surface area (Å²) in [6, 6.07) is 1.57. The molecule has 4 unspecified atom stereocenters. The lowest BCUT2D eigenvalue weighted by molar-refractivity contribution is -0.447. The van der Waals surface area contributed by atoms with Gasteiger partial charge in [-0.15, -0.1) is 0 Å². The number of furan rings is 1. The highest BCUT2D eigenvalue weighted by atomic mass is 16.8. The van der Waals surface area contributed by atoms with Crippen LogP contribution >= 0.6 is 0 Å². The fourth-order valence-corrected chi connectivity index (χ4v) is 12.2. The van der Waals surface area contributed by atoms with E-state index < -0.39 is 123 Å². The van der Waals surface area contributed by atoms with Gasteiger partial charge in [-0.3, -0.25) is 19.2 Å². The minimum atomic E-state index is -2.81. The Morgan fingerprint density at radius 1 is 1.00 bits per heavy atom. The molecule has 3 saturated heterocycles. The molecule has 1 aromatic rings. The number of fused-ring (bicyclic) bond motifs is 4. The molecule has 8 rings (SSSR count). The molecule has 4 bridgehead atoms. The lowest BCUT2D eigenvalue weighted by atomic mass is 9.36. The molecule has 15 nitrogen and oxygen atoms in total. The third kappa shape index (κ3) is 3.51. The van der Waals surface area contributed by atoms with Crippen LogP contribution in [-0.2, 0) is 47.6 Å². The van der Waals surface area contributed by atoms with Crippen LogP contribution in [0, 0.1) is 34.5 Å². The van der Waals surface area contributed by atoms with Crippen molar-refractivity contribution in [3.05, 3.63) is 24.2 Å². The molecule has 4 heterocycles.